The van der Waals surface area contributed by atoms with Crippen LogP contribution in [0.5, 0.6) is 5.75 Å². The normalized spacial score (nSPS) is 10.7. The summed E-state index contributed by atoms with van der Waals surface area (Å²) in [6.45, 7) is 6.56. The van der Waals surface area contributed by atoms with Gasteiger partial charge in [0.15, 0.2) is 0 Å². The van der Waals surface area contributed by atoms with Crippen LogP contribution in [-0.4, -0.2) is 23.2 Å². The number of hydrogen-bond acceptors (Lipinski definition) is 4. The second-order valence-electron chi connectivity index (χ2n) is 5.66. The third kappa shape index (κ3) is 3.97. The van der Waals surface area contributed by atoms with Gasteiger partial charge in [0.2, 0.25) is 0 Å². The van der Waals surface area contributed by atoms with Crippen molar-refractivity contribution < 1.29 is 9.53 Å². The number of benzene rings is 1. The number of amides is 1. The van der Waals surface area contributed by atoms with E-state index in [1.807, 2.05) is 13.0 Å². The van der Waals surface area contributed by atoms with Crippen LogP contribution >= 0.6 is 0 Å². The number of aromatic amines is 1. The first-order chi connectivity index (χ1) is 10.9. The molecule has 2 rings (SSSR count). The topological polar surface area (TPSA) is 84.1 Å². The lowest BCUT2D eigenvalue weighted by Gasteiger charge is -2.16. The number of nitrogens with one attached hydrogen (secondary N) is 2. The Bertz CT molecular complexity index is 746. The molecule has 0 spiro atoms. The van der Waals surface area contributed by atoms with E-state index in [2.05, 4.69) is 35.4 Å². The highest BCUT2D eigenvalue weighted by Crippen LogP contribution is 2.29. The fourth-order valence-electron chi connectivity index (χ4n) is 2.30. The molecule has 6 heteroatoms. The maximum atomic E-state index is 12.1. The third-order valence-electron chi connectivity index (χ3n) is 3.66. The number of rotatable bonds is 5. The minimum atomic E-state index is -0.339. The lowest BCUT2D eigenvalue weighted by molar-refractivity contribution is 0.0944. The largest absolute Gasteiger partial charge is 0.496 e. The van der Waals surface area contributed by atoms with Crippen molar-refractivity contribution in [2.75, 3.05) is 7.11 Å². The second kappa shape index (κ2) is 7.09. The first-order valence-electron chi connectivity index (χ1n) is 7.43. The average molecular weight is 315 g/mol. The standard InChI is InChI=1S/C17H21N3O3/c1-10(2)13-8-12(11(3)7-15(13)23-4)9-18-17(22)14-5-6-16(21)20-19-14/h5-8,10H,9H2,1-4H3,(H,18,22)(H,20,21). The minimum absolute atomic E-state index is 0.180. The first kappa shape index (κ1) is 16.7. The zero-order chi connectivity index (χ0) is 17.0. The van der Waals surface area contributed by atoms with E-state index in [4.69, 9.17) is 4.74 Å². The molecular formula is C17H21N3O3. The summed E-state index contributed by atoms with van der Waals surface area (Å²) < 4.78 is 5.42. The molecule has 0 fully saturated rings. The lowest BCUT2D eigenvalue weighted by atomic mass is 9.96. The monoisotopic (exact) mass is 315 g/mol. The molecule has 1 aromatic carbocycles. The van der Waals surface area contributed by atoms with Crippen molar-refractivity contribution in [1.82, 2.24) is 15.5 Å². The van der Waals surface area contributed by atoms with Crippen LogP contribution < -0.4 is 15.6 Å². The van der Waals surface area contributed by atoms with Gasteiger partial charge in [0.05, 0.1) is 7.11 Å². The van der Waals surface area contributed by atoms with Crippen molar-refractivity contribution >= 4 is 5.91 Å². The molecule has 1 aromatic heterocycles. The van der Waals surface area contributed by atoms with Crippen LogP contribution in [-0.2, 0) is 6.54 Å². The van der Waals surface area contributed by atoms with Crippen molar-refractivity contribution in [3.05, 3.63) is 57.0 Å². The fourth-order valence-corrected chi connectivity index (χ4v) is 2.30. The van der Waals surface area contributed by atoms with Crippen LogP contribution in [0.3, 0.4) is 0 Å². The molecular weight excluding hydrogens is 294 g/mol. The molecule has 0 aliphatic carbocycles. The van der Waals surface area contributed by atoms with E-state index >= 15 is 0 Å². The van der Waals surface area contributed by atoms with Gasteiger partial charge in [-0.25, -0.2) is 5.10 Å². The van der Waals surface area contributed by atoms with Crippen LogP contribution in [0.1, 0.15) is 46.9 Å². The Morgan fingerprint density at radius 2 is 2.09 bits per heavy atom. The molecule has 0 aliphatic rings. The highest BCUT2D eigenvalue weighted by Gasteiger charge is 2.13. The fraction of sp³-hybridized carbons (Fsp3) is 0.353. The predicted molar refractivity (Wildman–Crippen MR) is 87.8 cm³/mol. The van der Waals surface area contributed by atoms with Gasteiger partial charge in [-0.05, 0) is 47.7 Å². The molecule has 0 aliphatic heterocycles. The van der Waals surface area contributed by atoms with E-state index in [9.17, 15) is 9.59 Å². The highest BCUT2D eigenvalue weighted by molar-refractivity contribution is 5.91. The Morgan fingerprint density at radius 1 is 1.35 bits per heavy atom. The summed E-state index contributed by atoms with van der Waals surface area (Å²) in [5.74, 6) is 0.846. The summed E-state index contributed by atoms with van der Waals surface area (Å²) in [6.07, 6.45) is 0. The van der Waals surface area contributed by atoms with Crippen molar-refractivity contribution in [2.45, 2.75) is 33.2 Å². The quantitative estimate of drug-likeness (QED) is 0.885. The van der Waals surface area contributed by atoms with Gasteiger partial charge in [0, 0.05) is 12.6 Å². The molecule has 122 valence electrons. The van der Waals surface area contributed by atoms with E-state index in [1.165, 1.54) is 12.1 Å². The third-order valence-corrected chi connectivity index (χ3v) is 3.66. The minimum Gasteiger partial charge on any atom is -0.496 e. The van der Waals surface area contributed by atoms with Crippen LogP contribution in [0.25, 0.3) is 0 Å². The lowest BCUT2D eigenvalue weighted by Crippen LogP contribution is -2.25. The SMILES string of the molecule is COc1cc(C)c(CNC(=O)c2ccc(=O)[nH]n2)cc1C(C)C. The summed E-state index contributed by atoms with van der Waals surface area (Å²) >= 11 is 0. The molecule has 6 nitrogen and oxygen atoms in total. The number of carbonyl (C=O) groups excluding carboxylic acids is 1. The van der Waals surface area contributed by atoms with Crippen LogP contribution in [0.4, 0.5) is 0 Å². The zero-order valence-electron chi connectivity index (χ0n) is 13.8. The smallest absolute Gasteiger partial charge is 0.271 e. The number of ether oxygens (including phenoxy) is 1. The first-order valence-corrected chi connectivity index (χ1v) is 7.43. The van der Waals surface area contributed by atoms with Crippen molar-refractivity contribution in [3.63, 3.8) is 0 Å². The maximum Gasteiger partial charge on any atom is 0.271 e. The summed E-state index contributed by atoms with van der Waals surface area (Å²) in [5, 5.41) is 8.78. The van der Waals surface area contributed by atoms with Crippen LogP contribution in [0.15, 0.2) is 29.1 Å². The van der Waals surface area contributed by atoms with Gasteiger partial charge < -0.3 is 10.1 Å². The van der Waals surface area contributed by atoms with Gasteiger partial charge in [-0.1, -0.05) is 13.8 Å². The molecule has 0 atom stereocenters. The predicted octanol–water partition coefficient (Wildman–Crippen LogP) is 2.14. The summed E-state index contributed by atoms with van der Waals surface area (Å²) in [5.41, 5.74) is 3.01. The molecule has 1 amide bonds. The molecule has 23 heavy (non-hydrogen) atoms. The van der Waals surface area contributed by atoms with Crippen molar-refractivity contribution in [2.24, 2.45) is 0 Å². The van der Waals surface area contributed by atoms with Crippen LogP contribution in [0, 0.1) is 6.92 Å². The van der Waals surface area contributed by atoms with E-state index in [0.29, 0.717) is 12.5 Å². The van der Waals surface area contributed by atoms with Gasteiger partial charge in [-0.3, -0.25) is 9.59 Å². The molecule has 0 radical (unpaired) electrons. The molecule has 0 saturated heterocycles. The Morgan fingerprint density at radius 3 is 2.65 bits per heavy atom. The maximum absolute atomic E-state index is 12.1. The summed E-state index contributed by atoms with van der Waals surface area (Å²) in [7, 11) is 1.66. The molecule has 0 unspecified atom stereocenters. The van der Waals surface area contributed by atoms with Gasteiger partial charge in [0.25, 0.3) is 11.5 Å². The Labute approximate surface area is 134 Å². The Kier molecular flexibility index (Phi) is 5.16. The van der Waals surface area contributed by atoms with E-state index < -0.39 is 0 Å². The van der Waals surface area contributed by atoms with Crippen molar-refractivity contribution in [3.8, 4) is 5.75 Å². The second-order valence-corrected chi connectivity index (χ2v) is 5.66. The number of methoxy groups -OCH3 is 1. The van der Waals surface area contributed by atoms with E-state index in [0.717, 1.165) is 22.4 Å². The van der Waals surface area contributed by atoms with E-state index in [-0.39, 0.29) is 17.2 Å². The van der Waals surface area contributed by atoms with Gasteiger partial charge in [-0.2, -0.15) is 5.10 Å². The Balaban J connectivity index is 2.16. The number of aryl methyl sites for hydroxylation is 1. The Hall–Kier alpha value is -2.63. The number of aromatic nitrogens is 2. The highest BCUT2D eigenvalue weighted by atomic mass is 16.5. The van der Waals surface area contributed by atoms with Gasteiger partial charge in [0.1, 0.15) is 11.4 Å². The molecule has 0 bridgehead atoms. The zero-order valence-corrected chi connectivity index (χ0v) is 13.8. The van der Waals surface area contributed by atoms with Gasteiger partial charge >= 0.3 is 0 Å². The number of carbonyl (C=O) groups is 1. The summed E-state index contributed by atoms with van der Waals surface area (Å²) in [6, 6.07) is 6.71. The average Bonchev–Trinajstić information content (AvgIpc) is 2.53. The number of nitrogens with zero attached hydrogens (tertiary/aromatic N) is 1. The number of H-pyrrole nitrogens is 1. The van der Waals surface area contributed by atoms with Crippen molar-refractivity contribution in [1.29, 1.82) is 0 Å². The molecule has 2 N–H and O–H groups in total. The molecule has 0 saturated carbocycles. The van der Waals surface area contributed by atoms with Gasteiger partial charge in [-0.15, -0.1) is 0 Å². The molecule has 1 heterocycles. The molecule has 2 aromatic rings. The van der Waals surface area contributed by atoms with E-state index in [1.54, 1.807) is 7.11 Å². The number of hydrogen-bond donors (Lipinski definition) is 2. The summed E-state index contributed by atoms with van der Waals surface area (Å²) in [4.78, 5) is 23.0. The van der Waals surface area contributed by atoms with Crippen LogP contribution in [0.2, 0.25) is 0 Å².